The molecule has 0 atom stereocenters. The van der Waals surface area contributed by atoms with Crippen LogP contribution in [-0.2, 0) is 12.8 Å². The van der Waals surface area contributed by atoms with E-state index >= 15 is 0 Å². The normalized spacial score (nSPS) is 10.8. The van der Waals surface area contributed by atoms with Gasteiger partial charge in [-0.25, -0.2) is 0 Å². The predicted molar refractivity (Wildman–Crippen MR) is 58.1 cm³/mol. The largest absolute Gasteiger partial charge is 0.309 e. The van der Waals surface area contributed by atoms with E-state index in [1.54, 1.807) is 0 Å². The first-order chi connectivity index (χ1) is 6.22. The summed E-state index contributed by atoms with van der Waals surface area (Å²) in [7, 11) is 4.23. The van der Waals surface area contributed by atoms with Crippen LogP contribution in [0.4, 0.5) is 0 Å². The summed E-state index contributed by atoms with van der Waals surface area (Å²) in [5.41, 5.74) is 2.89. The third-order valence-electron chi connectivity index (χ3n) is 2.25. The molecule has 0 fully saturated rings. The summed E-state index contributed by atoms with van der Waals surface area (Å²) in [5, 5.41) is 0. The van der Waals surface area contributed by atoms with E-state index in [2.05, 4.69) is 50.2 Å². The molecule has 0 aliphatic heterocycles. The summed E-state index contributed by atoms with van der Waals surface area (Å²) in [6.07, 6.45) is 2.29. The van der Waals surface area contributed by atoms with Crippen LogP contribution in [0.25, 0.3) is 0 Å². The lowest BCUT2D eigenvalue weighted by atomic mass is 10.1. The Morgan fingerprint density at radius 1 is 1.15 bits per heavy atom. The van der Waals surface area contributed by atoms with Gasteiger partial charge < -0.3 is 4.90 Å². The molecule has 0 amide bonds. The van der Waals surface area contributed by atoms with Crippen molar-refractivity contribution in [1.82, 2.24) is 4.90 Å². The molecule has 0 aliphatic carbocycles. The maximum Gasteiger partial charge on any atom is 0.00157 e. The summed E-state index contributed by atoms with van der Waals surface area (Å²) in [6.45, 7) is 3.33. The minimum absolute atomic E-state index is 1.13. The molecular formula is C12H19N. The van der Waals surface area contributed by atoms with E-state index in [0.717, 1.165) is 19.4 Å². The number of rotatable bonds is 4. The Morgan fingerprint density at radius 3 is 2.46 bits per heavy atom. The topological polar surface area (TPSA) is 3.24 Å². The zero-order valence-corrected chi connectivity index (χ0v) is 8.88. The first-order valence-electron chi connectivity index (χ1n) is 4.95. The quantitative estimate of drug-likeness (QED) is 0.682. The average Bonchev–Trinajstić information content (AvgIpc) is 2.15. The van der Waals surface area contributed by atoms with Crippen LogP contribution in [0.15, 0.2) is 24.3 Å². The molecule has 1 aromatic carbocycles. The van der Waals surface area contributed by atoms with Gasteiger partial charge in [-0.3, -0.25) is 0 Å². The lowest BCUT2D eigenvalue weighted by Gasteiger charge is -2.09. The minimum Gasteiger partial charge on any atom is -0.309 e. The maximum absolute atomic E-state index is 2.31. The van der Waals surface area contributed by atoms with Gasteiger partial charge in [0.1, 0.15) is 0 Å². The Labute approximate surface area is 81.4 Å². The van der Waals surface area contributed by atoms with Crippen LogP contribution in [0.5, 0.6) is 0 Å². The van der Waals surface area contributed by atoms with Gasteiger partial charge in [0.15, 0.2) is 0 Å². The van der Waals surface area contributed by atoms with Crippen LogP contribution in [0.1, 0.15) is 18.1 Å². The highest BCUT2D eigenvalue weighted by atomic mass is 15.0. The van der Waals surface area contributed by atoms with Crippen LogP contribution in [-0.4, -0.2) is 25.5 Å². The third-order valence-corrected chi connectivity index (χ3v) is 2.25. The second kappa shape index (κ2) is 5.03. The van der Waals surface area contributed by atoms with Gasteiger partial charge in [-0.2, -0.15) is 0 Å². The lowest BCUT2D eigenvalue weighted by molar-refractivity contribution is 0.413. The van der Waals surface area contributed by atoms with Gasteiger partial charge in [0.25, 0.3) is 0 Å². The maximum atomic E-state index is 2.31. The Bertz CT molecular complexity index is 253. The van der Waals surface area contributed by atoms with E-state index in [1.165, 1.54) is 11.1 Å². The molecule has 1 heteroatoms. The molecule has 1 nitrogen and oxygen atoms in total. The molecule has 0 aliphatic rings. The number of hydrogen-bond donors (Lipinski definition) is 0. The molecular weight excluding hydrogens is 158 g/mol. The van der Waals surface area contributed by atoms with Crippen molar-refractivity contribution in [2.75, 3.05) is 20.6 Å². The molecule has 13 heavy (non-hydrogen) atoms. The summed E-state index contributed by atoms with van der Waals surface area (Å²) >= 11 is 0. The minimum atomic E-state index is 1.13. The van der Waals surface area contributed by atoms with E-state index in [1.807, 2.05) is 0 Å². The highest BCUT2D eigenvalue weighted by molar-refractivity contribution is 5.23. The van der Waals surface area contributed by atoms with E-state index in [0.29, 0.717) is 0 Å². The van der Waals surface area contributed by atoms with E-state index in [-0.39, 0.29) is 0 Å². The van der Waals surface area contributed by atoms with Crippen LogP contribution in [0.2, 0.25) is 0 Å². The van der Waals surface area contributed by atoms with Crippen molar-refractivity contribution >= 4 is 0 Å². The van der Waals surface area contributed by atoms with E-state index in [4.69, 9.17) is 0 Å². The fourth-order valence-corrected chi connectivity index (χ4v) is 1.36. The SMILES string of the molecule is CCc1cccc(CCN(C)C)c1. The number of aryl methyl sites for hydroxylation is 1. The van der Waals surface area contributed by atoms with Crippen LogP contribution < -0.4 is 0 Å². The Hall–Kier alpha value is -0.820. The standard InChI is InChI=1S/C12H19N/c1-4-11-6-5-7-12(10-11)8-9-13(2)3/h5-7,10H,4,8-9H2,1-3H3. The Morgan fingerprint density at radius 2 is 1.85 bits per heavy atom. The van der Waals surface area contributed by atoms with Crippen molar-refractivity contribution in [3.05, 3.63) is 35.4 Å². The number of nitrogens with zero attached hydrogens (tertiary/aromatic N) is 1. The van der Waals surface area contributed by atoms with Gasteiger partial charge in [0, 0.05) is 6.54 Å². The molecule has 0 saturated heterocycles. The first kappa shape index (κ1) is 10.3. The van der Waals surface area contributed by atoms with Crippen LogP contribution in [0.3, 0.4) is 0 Å². The molecule has 0 N–H and O–H groups in total. The van der Waals surface area contributed by atoms with Gasteiger partial charge in [-0.15, -0.1) is 0 Å². The summed E-state index contributed by atoms with van der Waals surface area (Å²) < 4.78 is 0. The van der Waals surface area contributed by atoms with E-state index in [9.17, 15) is 0 Å². The van der Waals surface area contributed by atoms with Crippen molar-refractivity contribution in [2.24, 2.45) is 0 Å². The molecule has 0 bridgehead atoms. The molecule has 0 spiro atoms. The Balaban J connectivity index is 2.56. The van der Waals surface area contributed by atoms with Crippen molar-refractivity contribution < 1.29 is 0 Å². The average molecular weight is 177 g/mol. The molecule has 0 radical (unpaired) electrons. The highest BCUT2D eigenvalue weighted by Gasteiger charge is 1.95. The van der Waals surface area contributed by atoms with Crippen molar-refractivity contribution in [3.8, 4) is 0 Å². The van der Waals surface area contributed by atoms with Crippen LogP contribution >= 0.6 is 0 Å². The first-order valence-corrected chi connectivity index (χ1v) is 4.95. The third kappa shape index (κ3) is 3.60. The van der Waals surface area contributed by atoms with Crippen molar-refractivity contribution in [2.45, 2.75) is 19.8 Å². The molecule has 72 valence electrons. The second-order valence-electron chi connectivity index (χ2n) is 3.73. The fraction of sp³-hybridized carbons (Fsp3) is 0.500. The van der Waals surface area contributed by atoms with Gasteiger partial charge in [0.05, 0.1) is 0 Å². The van der Waals surface area contributed by atoms with Crippen LogP contribution in [0, 0.1) is 0 Å². The van der Waals surface area contributed by atoms with Gasteiger partial charge in [-0.1, -0.05) is 31.2 Å². The van der Waals surface area contributed by atoms with Gasteiger partial charge in [0.2, 0.25) is 0 Å². The van der Waals surface area contributed by atoms with Crippen molar-refractivity contribution in [3.63, 3.8) is 0 Å². The number of hydrogen-bond acceptors (Lipinski definition) is 1. The molecule has 0 saturated carbocycles. The monoisotopic (exact) mass is 177 g/mol. The number of likely N-dealkylation sites (N-methyl/N-ethyl adjacent to an activating group) is 1. The summed E-state index contributed by atoms with van der Waals surface area (Å²) in [4.78, 5) is 2.22. The predicted octanol–water partition coefficient (Wildman–Crippen LogP) is 2.35. The fourth-order valence-electron chi connectivity index (χ4n) is 1.36. The second-order valence-corrected chi connectivity index (χ2v) is 3.73. The highest BCUT2D eigenvalue weighted by Crippen LogP contribution is 2.06. The molecule has 0 heterocycles. The summed E-state index contributed by atoms with van der Waals surface area (Å²) in [5.74, 6) is 0. The van der Waals surface area contributed by atoms with Gasteiger partial charge in [-0.05, 0) is 38.1 Å². The van der Waals surface area contributed by atoms with Gasteiger partial charge >= 0.3 is 0 Å². The van der Waals surface area contributed by atoms with Crippen molar-refractivity contribution in [1.29, 1.82) is 0 Å². The number of benzene rings is 1. The molecule has 0 aromatic heterocycles. The molecule has 1 rings (SSSR count). The van der Waals surface area contributed by atoms with E-state index < -0.39 is 0 Å². The Kier molecular flexibility index (Phi) is 3.97. The lowest BCUT2D eigenvalue weighted by Crippen LogP contribution is -2.15. The summed E-state index contributed by atoms with van der Waals surface area (Å²) in [6, 6.07) is 8.87. The smallest absolute Gasteiger partial charge is 0.00157 e. The molecule has 1 aromatic rings. The zero-order chi connectivity index (χ0) is 9.68. The zero-order valence-electron chi connectivity index (χ0n) is 8.88. The molecule has 0 unspecified atom stereocenters.